The minimum atomic E-state index is -2.89. The van der Waals surface area contributed by atoms with Crippen molar-refractivity contribution in [3.8, 4) is 11.5 Å². The summed E-state index contributed by atoms with van der Waals surface area (Å²) >= 11 is 0. The predicted octanol–water partition coefficient (Wildman–Crippen LogP) is 5.00. The van der Waals surface area contributed by atoms with Gasteiger partial charge < -0.3 is 8.94 Å². The quantitative estimate of drug-likeness (QED) is 0.607. The predicted molar refractivity (Wildman–Crippen MR) is 89.2 cm³/mol. The smallest absolute Gasteiger partial charge is 0.263 e. The lowest BCUT2D eigenvalue weighted by Gasteiger charge is -2.13. The molecule has 0 aliphatic carbocycles. The number of hydrogen-bond acceptors (Lipinski definition) is 4. The van der Waals surface area contributed by atoms with Crippen molar-refractivity contribution in [1.29, 1.82) is 0 Å². The molecular formula is C17H16F2NO3P. The molecule has 1 aromatic heterocycles. The van der Waals surface area contributed by atoms with Gasteiger partial charge >= 0.3 is 0 Å². The van der Waals surface area contributed by atoms with Crippen LogP contribution in [0.4, 0.5) is 8.78 Å². The van der Waals surface area contributed by atoms with Gasteiger partial charge in [0.05, 0.1) is 0 Å². The van der Waals surface area contributed by atoms with E-state index in [1.165, 1.54) is 19.2 Å². The van der Waals surface area contributed by atoms with Crippen molar-refractivity contribution in [2.24, 2.45) is 0 Å². The first-order chi connectivity index (χ1) is 11.5. The fourth-order valence-electron chi connectivity index (χ4n) is 2.44. The van der Waals surface area contributed by atoms with Gasteiger partial charge in [-0.1, -0.05) is 19.1 Å². The van der Waals surface area contributed by atoms with Gasteiger partial charge in [-0.25, -0.2) is 13.8 Å². The van der Waals surface area contributed by atoms with Crippen molar-refractivity contribution in [2.45, 2.75) is 13.3 Å². The zero-order valence-corrected chi connectivity index (χ0v) is 14.1. The number of alkyl halides is 2. The zero-order chi connectivity index (χ0) is 17.3. The normalized spacial score (nSPS) is 14.2. The van der Waals surface area contributed by atoms with Crippen LogP contribution in [0.2, 0.25) is 0 Å². The van der Waals surface area contributed by atoms with Gasteiger partial charge in [0.25, 0.3) is 6.43 Å². The van der Waals surface area contributed by atoms with Crippen LogP contribution in [0.3, 0.4) is 0 Å². The third-order valence-electron chi connectivity index (χ3n) is 3.89. The SMILES string of the molecule is CCP(=O)(OC)c1ccc2nc(-c3ccc(C(F)F)cc3)oc2c1. The monoisotopic (exact) mass is 351 g/mol. The van der Waals surface area contributed by atoms with Crippen LogP contribution in [0.5, 0.6) is 0 Å². The van der Waals surface area contributed by atoms with Crippen LogP contribution in [0.15, 0.2) is 46.9 Å². The Labute approximate surface area is 137 Å². The molecule has 126 valence electrons. The van der Waals surface area contributed by atoms with Gasteiger partial charge in [0.1, 0.15) is 5.52 Å². The molecule has 0 aliphatic heterocycles. The lowest BCUT2D eigenvalue weighted by atomic mass is 10.1. The van der Waals surface area contributed by atoms with Crippen LogP contribution in [0.1, 0.15) is 18.9 Å². The molecule has 4 nitrogen and oxygen atoms in total. The molecular weight excluding hydrogens is 335 g/mol. The van der Waals surface area contributed by atoms with E-state index in [9.17, 15) is 13.3 Å². The Bertz CT molecular complexity index is 898. The maximum atomic E-state index is 12.6. The molecule has 1 heterocycles. The number of nitrogens with zero attached hydrogens (tertiary/aromatic N) is 1. The van der Waals surface area contributed by atoms with E-state index >= 15 is 0 Å². The van der Waals surface area contributed by atoms with Gasteiger partial charge in [-0.3, -0.25) is 4.57 Å². The highest BCUT2D eigenvalue weighted by atomic mass is 31.2. The van der Waals surface area contributed by atoms with Crippen LogP contribution >= 0.6 is 7.37 Å². The minimum Gasteiger partial charge on any atom is -0.436 e. The number of halogens is 2. The third-order valence-corrected chi connectivity index (χ3v) is 6.37. The molecule has 0 saturated carbocycles. The van der Waals surface area contributed by atoms with Crippen molar-refractivity contribution in [2.75, 3.05) is 13.3 Å². The fraction of sp³-hybridized carbons (Fsp3) is 0.235. The van der Waals surface area contributed by atoms with Gasteiger partial charge in [0, 0.05) is 29.7 Å². The average Bonchev–Trinajstić information content (AvgIpc) is 3.04. The number of aromatic nitrogens is 1. The summed E-state index contributed by atoms with van der Waals surface area (Å²) in [4.78, 5) is 4.35. The van der Waals surface area contributed by atoms with Gasteiger partial charge in [-0.15, -0.1) is 0 Å². The molecule has 0 radical (unpaired) electrons. The fourth-order valence-corrected chi connectivity index (χ4v) is 3.89. The largest absolute Gasteiger partial charge is 0.436 e. The maximum absolute atomic E-state index is 12.6. The van der Waals surface area contributed by atoms with E-state index in [4.69, 9.17) is 8.94 Å². The number of rotatable bonds is 5. The molecule has 0 aliphatic rings. The van der Waals surface area contributed by atoms with E-state index in [1.807, 2.05) is 0 Å². The van der Waals surface area contributed by atoms with Crippen molar-refractivity contribution in [3.05, 3.63) is 48.0 Å². The van der Waals surface area contributed by atoms with Crippen molar-refractivity contribution in [1.82, 2.24) is 4.98 Å². The molecule has 2 aromatic carbocycles. The van der Waals surface area contributed by atoms with E-state index in [0.717, 1.165) is 0 Å². The summed E-state index contributed by atoms with van der Waals surface area (Å²) < 4.78 is 48.7. The molecule has 0 amide bonds. The number of hydrogen-bond donors (Lipinski definition) is 0. The summed E-state index contributed by atoms with van der Waals surface area (Å²) in [6.45, 7) is 1.80. The average molecular weight is 351 g/mol. The highest BCUT2D eigenvalue weighted by molar-refractivity contribution is 7.66. The molecule has 0 spiro atoms. The van der Waals surface area contributed by atoms with Gasteiger partial charge in [-0.05, 0) is 30.3 Å². The molecule has 0 N–H and O–H groups in total. The molecule has 3 rings (SSSR count). The van der Waals surface area contributed by atoms with E-state index in [2.05, 4.69) is 4.98 Å². The molecule has 7 heteroatoms. The second-order valence-electron chi connectivity index (χ2n) is 5.27. The van der Waals surface area contributed by atoms with Gasteiger partial charge in [-0.2, -0.15) is 0 Å². The molecule has 0 saturated heterocycles. The molecule has 1 atom stereocenters. The van der Waals surface area contributed by atoms with E-state index in [0.29, 0.717) is 34.0 Å². The summed E-state index contributed by atoms with van der Waals surface area (Å²) in [5, 5.41) is 0.566. The lowest BCUT2D eigenvalue weighted by molar-refractivity contribution is 0.151. The number of oxazole rings is 1. The Morgan fingerprint density at radius 1 is 1.21 bits per heavy atom. The van der Waals surface area contributed by atoms with Crippen LogP contribution in [0.25, 0.3) is 22.6 Å². The summed E-state index contributed by atoms with van der Waals surface area (Å²) in [5.41, 5.74) is 1.63. The molecule has 0 bridgehead atoms. The zero-order valence-electron chi connectivity index (χ0n) is 13.2. The standard InChI is InChI=1S/C17H16F2NO3P/c1-3-24(21,22-2)13-8-9-14-15(10-13)23-17(20-14)12-6-4-11(5-7-12)16(18)19/h4-10,16H,3H2,1-2H3. The Hall–Kier alpha value is -2.04. The van der Waals surface area contributed by atoms with Crippen molar-refractivity contribution in [3.63, 3.8) is 0 Å². The maximum Gasteiger partial charge on any atom is 0.263 e. The van der Waals surface area contributed by atoms with E-state index < -0.39 is 13.8 Å². The highest BCUT2D eigenvalue weighted by Gasteiger charge is 2.23. The Kier molecular flexibility index (Phi) is 4.52. The summed E-state index contributed by atoms with van der Waals surface area (Å²) in [6.07, 6.45) is -2.13. The Morgan fingerprint density at radius 3 is 2.50 bits per heavy atom. The highest BCUT2D eigenvalue weighted by Crippen LogP contribution is 2.44. The third kappa shape index (κ3) is 2.99. The molecule has 24 heavy (non-hydrogen) atoms. The first kappa shape index (κ1) is 16.8. The second-order valence-corrected chi connectivity index (χ2v) is 8.13. The summed E-state index contributed by atoms with van der Waals surface area (Å²) in [5.74, 6) is 0.326. The van der Waals surface area contributed by atoms with Crippen molar-refractivity contribution >= 4 is 23.8 Å². The second kappa shape index (κ2) is 6.46. The number of fused-ring (bicyclic) bond motifs is 1. The Balaban J connectivity index is 2.01. The van der Waals surface area contributed by atoms with Crippen LogP contribution in [0, 0.1) is 0 Å². The van der Waals surface area contributed by atoms with Crippen LogP contribution in [-0.2, 0) is 9.09 Å². The van der Waals surface area contributed by atoms with Crippen LogP contribution < -0.4 is 5.30 Å². The molecule has 3 aromatic rings. The lowest BCUT2D eigenvalue weighted by Crippen LogP contribution is -2.07. The summed E-state index contributed by atoms with van der Waals surface area (Å²) in [7, 11) is -1.47. The topological polar surface area (TPSA) is 52.3 Å². The van der Waals surface area contributed by atoms with Gasteiger partial charge in [0.2, 0.25) is 13.3 Å². The van der Waals surface area contributed by atoms with Crippen LogP contribution in [-0.4, -0.2) is 18.3 Å². The number of benzene rings is 2. The van der Waals surface area contributed by atoms with Crippen molar-refractivity contribution < 1.29 is 22.3 Å². The van der Waals surface area contributed by atoms with E-state index in [1.54, 1.807) is 37.3 Å². The molecule has 1 unspecified atom stereocenters. The molecule has 0 fully saturated rings. The first-order valence-corrected chi connectivity index (χ1v) is 9.22. The minimum absolute atomic E-state index is 0.0545. The summed E-state index contributed by atoms with van der Waals surface area (Å²) in [6, 6.07) is 10.9. The van der Waals surface area contributed by atoms with E-state index in [-0.39, 0.29) is 5.56 Å². The Morgan fingerprint density at radius 2 is 1.92 bits per heavy atom. The van der Waals surface area contributed by atoms with Gasteiger partial charge in [0.15, 0.2) is 5.58 Å². The first-order valence-electron chi connectivity index (χ1n) is 7.41.